The van der Waals surface area contributed by atoms with Crippen LogP contribution in [-0.2, 0) is 16.3 Å². The highest BCUT2D eigenvalue weighted by Crippen LogP contribution is 2.27. The van der Waals surface area contributed by atoms with E-state index in [1.165, 1.54) is 0 Å². The zero-order chi connectivity index (χ0) is 16.9. The summed E-state index contributed by atoms with van der Waals surface area (Å²) in [4.78, 5) is 0.577. The fourth-order valence-corrected chi connectivity index (χ4v) is 3.86. The molecule has 2 N–H and O–H groups in total. The lowest BCUT2D eigenvalue weighted by Crippen LogP contribution is -2.06. The van der Waals surface area contributed by atoms with Gasteiger partial charge >= 0.3 is 0 Å². The number of hydrogen-bond acceptors (Lipinski definition) is 4. The highest BCUT2D eigenvalue weighted by molar-refractivity contribution is 7.91. The molecule has 0 fully saturated rings. The predicted octanol–water partition coefficient (Wildman–Crippen LogP) is 3.84. The van der Waals surface area contributed by atoms with E-state index in [-0.39, 0.29) is 4.90 Å². The summed E-state index contributed by atoms with van der Waals surface area (Å²) in [5, 5.41) is 0. The summed E-state index contributed by atoms with van der Waals surface area (Å²) in [6.07, 6.45) is 2.65. The van der Waals surface area contributed by atoms with Gasteiger partial charge in [0, 0.05) is 5.69 Å². The van der Waals surface area contributed by atoms with Crippen molar-refractivity contribution in [3.8, 4) is 5.75 Å². The van der Waals surface area contributed by atoms with Crippen molar-refractivity contribution in [2.45, 2.75) is 42.9 Å². The van der Waals surface area contributed by atoms with Gasteiger partial charge in [-0.3, -0.25) is 0 Å². The van der Waals surface area contributed by atoms with Gasteiger partial charge < -0.3 is 10.5 Å². The zero-order valence-electron chi connectivity index (χ0n) is 13.6. The number of sulfone groups is 1. The molecule has 5 heteroatoms. The normalized spacial score (nSPS) is 11.4. The molecule has 2 rings (SSSR count). The van der Waals surface area contributed by atoms with E-state index in [1.807, 2.05) is 6.92 Å². The smallest absolute Gasteiger partial charge is 0.206 e. The van der Waals surface area contributed by atoms with E-state index in [4.69, 9.17) is 10.5 Å². The second kappa shape index (κ2) is 7.51. The van der Waals surface area contributed by atoms with Crippen LogP contribution in [0.3, 0.4) is 0 Å². The summed E-state index contributed by atoms with van der Waals surface area (Å²) in [7, 11) is -3.55. The summed E-state index contributed by atoms with van der Waals surface area (Å²) in [5.74, 6) is 0.686. The quantitative estimate of drug-likeness (QED) is 0.617. The predicted molar refractivity (Wildman–Crippen MR) is 92.5 cm³/mol. The van der Waals surface area contributed by atoms with Crippen LogP contribution in [0.2, 0.25) is 0 Å². The first kappa shape index (κ1) is 17.3. The summed E-state index contributed by atoms with van der Waals surface area (Å²) >= 11 is 0. The Morgan fingerprint density at radius 2 is 1.74 bits per heavy atom. The zero-order valence-corrected chi connectivity index (χ0v) is 14.4. The van der Waals surface area contributed by atoms with E-state index < -0.39 is 9.84 Å². The molecular formula is C18H23NO3S. The number of hydrogen-bond donors (Lipinski definition) is 1. The Morgan fingerprint density at radius 3 is 2.35 bits per heavy atom. The van der Waals surface area contributed by atoms with E-state index >= 15 is 0 Å². The van der Waals surface area contributed by atoms with Crippen molar-refractivity contribution in [1.82, 2.24) is 0 Å². The molecule has 0 aliphatic carbocycles. The minimum atomic E-state index is -3.55. The highest BCUT2D eigenvalue weighted by atomic mass is 32.2. The number of ether oxygens (including phenoxy) is 1. The average Bonchev–Trinajstić information content (AvgIpc) is 2.55. The van der Waals surface area contributed by atoms with Crippen LogP contribution in [0.25, 0.3) is 0 Å². The number of benzene rings is 2. The van der Waals surface area contributed by atoms with Gasteiger partial charge in [-0.1, -0.05) is 20.3 Å². The molecule has 0 aliphatic rings. The van der Waals surface area contributed by atoms with Crippen LogP contribution in [0.5, 0.6) is 5.75 Å². The molecule has 0 aliphatic heterocycles. The molecule has 0 radical (unpaired) electrons. The summed E-state index contributed by atoms with van der Waals surface area (Å²) < 4.78 is 31.2. The van der Waals surface area contributed by atoms with E-state index in [9.17, 15) is 8.42 Å². The summed E-state index contributed by atoms with van der Waals surface area (Å²) in [6, 6.07) is 11.5. The van der Waals surface area contributed by atoms with Gasteiger partial charge in [-0.05, 0) is 60.9 Å². The molecule has 23 heavy (non-hydrogen) atoms. The Morgan fingerprint density at radius 1 is 1.04 bits per heavy atom. The monoisotopic (exact) mass is 333 g/mol. The van der Waals surface area contributed by atoms with Crippen molar-refractivity contribution in [2.75, 3.05) is 12.3 Å². The fraction of sp³-hybridized carbons (Fsp3) is 0.333. The topological polar surface area (TPSA) is 69.4 Å². The number of unbranched alkanes of at least 4 members (excludes halogenated alkanes) is 1. The number of aryl methyl sites for hydroxylation is 1. The molecule has 0 aromatic heterocycles. The molecule has 4 nitrogen and oxygen atoms in total. The Hall–Kier alpha value is -2.01. The first-order valence-electron chi connectivity index (χ1n) is 7.85. The van der Waals surface area contributed by atoms with Gasteiger partial charge in [-0.15, -0.1) is 0 Å². The Labute approximate surface area is 138 Å². The van der Waals surface area contributed by atoms with Crippen LogP contribution in [0.4, 0.5) is 5.69 Å². The van der Waals surface area contributed by atoms with Crippen LogP contribution < -0.4 is 10.5 Å². The SMILES string of the molecule is CCCCOc1ccc(S(=O)(=O)c2ccc(N)cc2CC)cc1. The molecule has 0 bridgehead atoms. The van der Waals surface area contributed by atoms with Gasteiger partial charge in [0.25, 0.3) is 0 Å². The van der Waals surface area contributed by atoms with Crippen molar-refractivity contribution >= 4 is 15.5 Å². The number of anilines is 1. The maximum absolute atomic E-state index is 12.8. The van der Waals surface area contributed by atoms with E-state index in [0.29, 0.717) is 29.4 Å². The molecule has 0 saturated carbocycles. The highest BCUT2D eigenvalue weighted by Gasteiger charge is 2.20. The maximum Gasteiger partial charge on any atom is 0.206 e. The standard InChI is InChI=1S/C18H23NO3S/c1-3-5-12-22-16-7-9-17(10-8-16)23(20,21)18-11-6-15(19)13-14(18)4-2/h6-11,13H,3-5,12,19H2,1-2H3. The van der Waals surface area contributed by atoms with Crippen molar-refractivity contribution in [2.24, 2.45) is 0 Å². The largest absolute Gasteiger partial charge is 0.494 e. The lowest BCUT2D eigenvalue weighted by atomic mass is 10.1. The fourth-order valence-electron chi connectivity index (χ4n) is 2.31. The molecule has 0 atom stereocenters. The Kier molecular flexibility index (Phi) is 5.66. The van der Waals surface area contributed by atoms with Crippen LogP contribution in [0.1, 0.15) is 32.3 Å². The minimum Gasteiger partial charge on any atom is -0.494 e. The first-order chi connectivity index (χ1) is 11.0. The molecular weight excluding hydrogens is 310 g/mol. The van der Waals surface area contributed by atoms with Crippen molar-refractivity contribution < 1.29 is 13.2 Å². The Balaban J connectivity index is 2.29. The molecule has 124 valence electrons. The van der Waals surface area contributed by atoms with Crippen molar-refractivity contribution in [1.29, 1.82) is 0 Å². The van der Waals surface area contributed by atoms with Gasteiger partial charge in [0.15, 0.2) is 0 Å². The Bertz CT molecular complexity index is 752. The van der Waals surface area contributed by atoms with Gasteiger partial charge in [0.1, 0.15) is 5.75 Å². The molecule has 0 heterocycles. The molecule has 0 saturated heterocycles. The first-order valence-corrected chi connectivity index (χ1v) is 9.33. The van der Waals surface area contributed by atoms with Gasteiger partial charge in [0.05, 0.1) is 16.4 Å². The minimum absolute atomic E-state index is 0.264. The van der Waals surface area contributed by atoms with Crippen LogP contribution in [-0.4, -0.2) is 15.0 Å². The number of rotatable bonds is 7. The lowest BCUT2D eigenvalue weighted by molar-refractivity contribution is 0.309. The van der Waals surface area contributed by atoms with Gasteiger partial charge in [-0.2, -0.15) is 0 Å². The van der Waals surface area contributed by atoms with E-state index in [1.54, 1.807) is 42.5 Å². The van der Waals surface area contributed by atoms with E-state index in [2.05, 4.69) is 6.92 Å². The molecule has 0 amide bonds. The third-order valence-electron chi connectivity index (χ3n) is 3.66. The number of nitrogens with two attached hydrogens (primary N) is 1. The van der Waals surface area contributed by atoms with E-state index in [0.717, 1.165) is 18.4 Å². The molecule has 0 spiro atoms. The molecule has 2 aromatic rings. The van der Waals surface area contributed by atoms with Gasteiger partial charge in [-0.25, -0.2) is 8.42 Å². The van der Waals surface area contributed by atoms with Crippen molar-refractivity contribution in [3.63, 3.8) is 0 Å². The maximum atomic E-state index is 12.8. The van der Waals surface area contributed by atoms with Crippen molar-refractivity contribution in [3.05, 3.63) is 48.0 Å². The third kappa shape index (κ3) is 4.05. The van der Waals surface area contributed by atoms with Crippen LogP contribution in [0, 0.1) is 0 Å². The van der Waals surface area contributed by atoms with Crippen LogP contribution >= 0.6 is 0 Å². The van der Waals surface area contributed by atoms with Gasteiger partial charge in [0.2, 0.25) is 9.84 Å². The van der Waals surface area contributed by atoms with Crippen LogP contribution in [0.15, 0.2) is 52.3 Å². The lowest BCUT2D eigenvalue weighted by Gasteiger charge is -2.11. The second-order valence-corrected chi connectivity index (χ2v) is 7.32. The molecule has 0 unspecified atom stereocenters. The third-order valence-corrected chi connectivity index (χ3v) is 5.53. The molecule has 2 aromatic carbocycles. The summed E-state index contributed by atoms with van der Waals surface area (Å²) in [6.45, 7) is 4.65. The summed E-state index contributed by atoms with van der Waals surface area (Å²) in [5.41, 5.74) is 7.05. The second-order valence-electron chi connectivity index (χ2n) is 5.40. The average molecular weight is 333 g/mol. The number of nitrogen functional groups attached to an aromatic ring is 1.